The lowest BCUT2D eigenvalue weighted by atomic mass is 10.1. The van der Waals surface area contributed by atoms with Crippen LogP contribution in [0.3, 0.4) is 0 Å². The van der Waals surface area contributed by atoms with Crippen molar-refractivity contribution in [2.75, 3.05) is 19.7 Å². The fourth-order valence-corrected chi connectivity index (χ4v) is 4.43. The van der Waals surface area contributed by atoms with Crippen molar-refractivity contribution in [2.24, 2.45) is 0 Å². The van der Waals surface area contributed by atoms with Crippen LogP contribution in [0.25, 0.3) is 0 Å². The second-order valence-corrected chi connectivity index (χ2v) is 8.22. The lowest BCUT2D eigenvalue weighted by Crippen LogP contribution is -2.44. The normalized spacial score (nSPS) is 18.3. The first-order valence-corrected chi connectivity index (χ1v) is 10.2. The van der Waals surface area contributed by atoms with Crippen molar-refractivity contribution in [3.05, 3.63) is 41.8 Å². The van der Waals surface area contributed by atoms with Gasteiger partial charge in [0.05, 0.1) is 23.7 Å². The zero-order chi connectivity index (χ0) is 19.4. The van der Waals surface area contributed by atoms with Crippen molar-refractivity contribution in [3.63, 3.8) is 0 Å². The number of ether oxygens (including phenoxy) is 2. The Kier molecular flexibility index (Phi) is 5.91. The second-order valence-electron chi connectivity index (χ2n) is 6.28. The van der Waals surface area contributed by atoms with Gasteiger partial charge in [0.15, 0.2) is 11.6 Å². The number of aromatic nitrogens is 2. The Balaban J connectivity index is 1.74. The fourth-order valence-electron chi connectivity index (χ4n) is 2.90. The Morgan fingerprint density at radius 1 is 1.26 bits per heavy atom. The van der Waals surface area contributed by atoms with E-state index in [0.717, 1.165) is 11.8 Å². The van der Waals surface area contributed by atoms with Gasteiger partial charge in [-0.2, -0.15) is 9.40 Å². The standard InChI is InChI=1S/C18H22FN3O4S/c1-3-25-17-8-7-15(11-16(17)19)27(23,24)22-10-4-5-14(12-22)26-18-9-6-13(2)20-21-18/h6-9,11,14H,3-5,10,12H2,1-2H3. The van der Waals surface area contributed by atoms with Crippen molar-refractivity contribution in [1.82, 2.24) is 14.5 Å². The summed E-state index contributed by atoms with van der Waals surface area (Å²) in [4.78, 5) is -0.0979. The third kappa shape index (κ3) is 4.54. The van der Waals surface area contributed by atoms with E-state index < -0.39 is 15.8 Å². The molecule has 0 amide bonds. The van der Waals surface area contributed by atoms with Crippen LogP contribution in [-0.4, -0.2) is 48.7 Å². The summed E-state index contributed by atoms with van der Waals surface area (Å²) < 4.78 is 52.1. The maximum atomic E-state index is 14.1. The maximum absolute atomic E-state index is 14.1. The number of hydrogen-bond donors (Lipinski definition) is 0. The molecule has 0 N–H and O–H groups in total. The monoisotopic (exact) mass is 395 g/mol. The Morgan fingerprint density at radius 3 is 2.74 bits per heavy atom. The molecule has 1 unspecified atom stereocenters. The van der Waals surface area contributed by atoms with Crippen molar-refractivity contribution in [1.29, 1.82) is 0 Å². The first-order chi connectivity index (χ1) is 12.9. The number of hydrogen-bond acceptors (Lipinski definition) is 6. The lowest BCUT2D eigenvalue weighted by Gasteiger charge is -2.31. The molecular formula is C18H22FN3O4S. The number of sulfonamides is 1. The first-order valence-electron chi connectivity index (χ1n) is 8.79. The van der Waals surface area contributed by atoms with Gasteiger partial charge < -0.3 is 9.47 Å². The molecule has 0 radical (unpaired) electrons. The summed E-state index contributed by atoms with van der Waals surface area (Å²) in [7, 11) is -3.83. The molecule has 1 aliphatic heterocycles. The largest absolute Gasteiger partial charge is 0.491 e. The molecule has 1 fully saturated rings. The zero-order valence-corrected chi connectivity index (χ0v) is 16.1. The number of rotatable bonds is 6. The van der Waals surface area contributed by atoms with Crippen LogP contribution < -0.4 is 9.47 Å². The molecule has 9 heteroatoms. The van der Waals surface area contributed by atoms with Crippen LogP contribution in [0.1, 0.15) is 25.5 Å². The molecular weight excluding hydrogens is 373 g/mol. The summed E-state index contributed by atoms with van der Waals surface area (Å²) in [5, 5.41) is 7.89. The van der Waals surface area contributed by atoms with Gasteiger partial charge in [-0.25, -0.2) is 12.8 Å². The number of aryl methyl sites for hydroxylation is 1. The van der Waals surface area contributed by atoms with Crippen LogP contribution in [0.2, 0.25) is 0 Å². The molecule has 1 atom stereocenters. The number of nitrogens with zero attached hydrogens (tertiary/aromatic N) is 3. The van der Waals surface area contributed by atoms with Crippen LogP contribution in [0, 0.1) is 12.7 Å². The van der Waals surface area contributed by atoms with E-state index in [0.29, 0.717) is 31.9 Å². The molecule has 7 nitrogen and oxygen atoms in total. The molecule has 1 aromatic carbocycles. The molecule has 2 heterocycles. The minimum Gasteiger partial charge on any atom is -0.491 e. The number of benzene rings is 1. The third-order valence-corrected chi connectivity index (χ3v) is 6.10. The Bertz CT molecular complexity index is 890. The van der Waals surface area contributed by atoms with Crippen LogP contribution in [0.4, 0.5) is 4.39 Å². The van der Waals surface area contributed by atoms with Gasteiger partial charge in [-0.3, -0.25) is 0 Å². The van der Waals surface area contributed by atoms with Crippen molar-refractivity contribution in [3.8, 4) is 11.6 Å². The predicted molar refractivity (Wildman–Crippen MR) is 96.7 cm³/mol. The van der Waals surface area contributed by atoms with Crippen LogP contribution in [0.15, 0.2) is 35.2 Å². The number of halogens is 1. The van der Waals surface area contributed by atoms with E-state index in [1.165, 1.54) is 16.4 Å². The third-order valence-electron chi connectivity index (χ3n) is 4.24. The Labute approximate surface area is 158 Å². The smallest absolute Gasteiger partial charge is 0.243 e. The highest BCUT2D eigenvalue weighted by atomic mass is 32.2. The second kappa shape index (κ2) is 8.18. The van der Waals surface area contributed by atoms with Gasteiger partial charge in [-0.05, 0) is 51.0 Å². The summed E-state index contributed by atoms with van der Waals surface area (Å²) in [6, 6.07) is 7.18. The molecule has 0 aliphatic carbocycles. The first kappa shape index (κ1) is 19.5. The van der Waals surface area contributed by atoms with Crippen LogP contribution in [0.5, 0.6) is 11.6 Å². The molecule has 1 aliphatic rings. The highest BCUT2D eigenvalue weighted by molar-refractivity contribution is 7.89. The van der Waals surface area contributed by atoms with Crippen molar-refractivity contribution < 1.29 is 22.3 Å². The maximum Gasteiger partial charge on any atom is 0.243 e. The molecule has 0 spiro atoms. The fraction of sp³-hybridized carbons (Fsp3) is 0.444. The molecule has 1 saturated heterocycles. The minimum absolute atomic E-state index is 0.0363. The summed E-state index contributed by atoms with van der Waals surface area (Å²) in [6.07, 6.45) is 1.01. The molecule has 146 valence electrons. The van der Waals surface area contributed by atoms with E-state index in [4.69, 9.17) is 9.47 Å². The lowest BCUT2D eigenvalue weighted by molar-refractivity contribution is 0.123. The van der Waals surface area contributed by atoms with Gasteiger partial charge in [-0.15, -0.1) is 5.10 Å². The van der Waals surface area contributed by atoms with Crippen LogP contribution in [-0.2, 0) is 10.0 Å². The highest BCUT2D eigenvalue weighted by Gasteiger charge is 2.32. The number of piperidine rings is 1. The minimum atomic E-state index is -3.83. The molecule has 3 rings (SSSR count). The quantitative estimate of drug-likeness (QED) is 0.748. The SMILES string of the molecule is CCOc1ccc(S(=O)(=O)N2CCCC(Oc3ccc(C)nn3)C2)cc1F. The van der Waals surface area contributed by atoms with E-state index >= 15 is 0 Å². The highest BCUT2D eigenvalue weighted by Crippen LogP contribution is 2.26. The van der Waals surface area contributed by atoms with Crippen molar-refractivity contribution in [2.45, 2.75) is 37.7 Å². The van der Waals surface area contributed by atoms with Gasteiger partial charge in [0.25, 0.3) is 0 Å². The molecule has 27 heavy (non-hydrogen) atoms. The van der Waals surface area contributed by atoms with Crippen LogP contribution >= 0.6 is 0 Å². The van der Waals surface area contributed by atoms with E-state index in [1.54, 1.807) is 19.1 Å². The molecule has 0 saturated carbocycles. The predicted octanol–water partition coefficient (Wildman–Crippen LogP) is 2.55. The van der Waals surface area contributed by atoms with Gasteiger partial charge in [0.1, 0.15) is 6.10 Å². The summed E-state index contributed by atoms with van der Waals surface area (Å²) in [5.74, 6) is -0.302. The van der Waals surface area contributed by atoms with E-state index in [2.05, 4.69) is 10.2 Å². The average Bonchev–Trinajstić information content (AvgIpc) is 2.65. The molecule has 0 bridgehead atoms. The topological polar surface area (TPSA) is 81.6 Å². The van der Waals surface area contributed by atoms with Gasteiger partial charge in [-0.1, -0.05) is 0 Å². The average molecular weight is 395 g/mol. The molecule has 2 aromatic rings. The summed E-state index contributed by atoms with van der Waals surface area (Å²) in [6.45, 7) is 4.39. The van der Waals surface area contributed by atoms with E-state index in [9.17, 15) is 12.8 Å². The Morgan fingerprint density at radius 2 is 2.07 bits per heavy atom. The molecule has 1 aromatic heterocycles. The Hall–Kier alpha value is -2.26. The van der Waals surface area contributed by atoms with Gasteiger partial charge >= 0.3 is 0 Å². The van der Waals surface area contributed by atoms with E-state index in [-0.39, 0.29) is 23.3 Å². The summed E-state index contributed by atoms with van der Waals surface area (Å²) >= 11 is 0. The van der Waals surface area contributed by atoms with E-state index in [1.807, 2.05) is 6.92 Å². The van der Waals surface area contributed by atoms with Gasteiger partial charge in [0, 0.05) is 12.6 Å². The zero-order valence-electron chi connectivity index (χ0n) is 15.3. The van der Waals surface area contributed by atoms with Crippen molar-refractivity contribution >= 4 is 10.0 Å². The summed E-state index contributed by atoms with van der Waals surface area (Å²) in [5.41, 5.74) is 0.771. The van der Waals surface area contributed by atoms with Gasteiger partial charge in [0.2, 0.25) is 15.9 Å².